The second-order valence-electron chi connectivity index (χ2n) is 7.46. The van der Waals surface area contributed by atoms with Gasteiger partial charge in [0.05, 0.1) is 5.69 Å². The van der Waals surface area contributed by atoms with E-state index in [2.05, 4.69) is 10.5 Å². The molecule has 160 valence electrons. The second kappa shape index (κ2) is 8.23. The first-order chi connectivity index (χ1) is 14.9. The summed E-state index contributed by atoms with van der Waals surface area (Å²) in [7, 11) is 0. The van der Waals surface area contributed by atoms with E-state index < -0.39 is 18.4 Å². The van der Waals surface area contributed by atoms with Gasteiger partial charge in [-0.15, -0.1) is 0 Å². The fourth-order valence-electron chi connectivity index (χ4n) is 4.01. The summed E-state index contributed by atoms with van der Waals surface area (Å²) in [5, 5.41) is 3.69. The number of halogens is 2. The van der Waals surface area contributed by atoms with Crippen LogP contribution in [0.4, 0.5) is 14.5 Å². The number of fused-ring (bicyclic) bond motifs is 1. The molecule has 1 unspecified atom stereocenters. The Kier molecular flexibility index (Phi) is 5.48. The van der Waals surface area contributed by atoms with Crippen molar-refractivity contribution in [3.05, 3.63) is 83.4 Å². The molecule has 1 heterocycles. The normalized spacial score (nSPS) is 17.9. The van der Waals surface area contributed by atoms with E-state index in [1.54, 1.807) is 6.07 Å². The summed E-state index contributed by atoms with van der Waals surface area (Å²) in [6.07, 6.45) is -0.381. The van der Waals surface area contributed by atoms with Gasteiger partial charge in [0, 0.05) is 23.5 Å². The molecule has 0 amide bonds. The Morgan fingerprint density at radius 3 is 2.48 bits per heavy atom. The van der Waals surface area contributed by atoms with Gasteiger partial charge >= 0.3 is 0 Å². The zero-order chi connectivity index (χ0) is 22.0. The number of nitrogen functional groups attached to an aromatic ring is 1. The number of benzene rings is 3. The van der Waals surface area contributed by atoms with Gasteiger partial charge < -0.3 is 21.7 Å². The lowest BCUT2D eigenvalue weighted by atomic mass is 9.84. The van der Waals surface area contributed by atoms with Crippen LogP contribution in [0.1, 0.15) is 29.0 Å². The number of hydrazine groups is 1. The number of anilines is 1. The number of rotatable bonds is 3. The molecule has 1 atom stereocenters. The van der Waals surface area contributed by atoms with Crippen molar-refractivity contribution in [3.63, 3.8) is 0 Å². The fourth-order valence-corrected chi connectivity index (χ4v) is 4.01. The third-order valence-corrected chi connectivity index (χ3v) is 5.41. The predicted molar refractivity (Wildman–Crippen MR) is 118 cm³/mol. The number of alkyl halides is 2. The number of nitrogens with zero attached hydrogens (tertiary/aromatic N) is 1. The van der Waals surface area contributed by atoms with Crippen LogP contribution in [0.15, 0.2) is 71.8 Å². The van der Waals surface area contributed by atoms with Gasteiger partial charge in [-0.1, -0.05) is 54.6 Å². The molecule has 0 aromatic heterocycles. The Hall–Kier alpha value is -3.65. The highest BCUT2D eigenvalue weighted by Gasteiger charge is 2.39. The molecule has 4 rings (SSSR count). The van der Waals surface area contributed by atoms with Gasteiger partial charge in [-0.3, -0.25) is 0 Å². The lowest BCUT2D eigenvalue weighted by Crippen LogP contribution is -2.32. The average Bonchev–Trinajstić information content (AvgIpc) is 2.92. The molecule has 0 saturated carbocycles. The Bertz CT molecular complexity index is 1120. The van der Waals surface area contributed by atoms with E-state index in [9.17, 15) is 8.78 Å². The molecule has 0 spiro atoms. The molecule has 0 bridgehead atoms. The lowest BCUT2D eigenvalue weighted by molar-refractivity contribution is -0.0448. The third kappa shape index (κ3) is 4.02. The maximum Gasteiger partial charge on any atom is 0.282 e. The zero-order valence-corrected chi connectivity index (χ0v) is 16.7. The van der Waals surface area contributed by atoms with Crippen LogP contribution in [0, 0.1) is 0 Å². The molecule has 3 aromatic rings. The fraction of sp³-hybridized carbons (Fsp3) is 0.174. The average molecular weight is 423 g/mol. The Morgan fingerprint density at radius 2 is 1.77 bits per heavy atom. The Morgan fingerprint density at radius 1 is 1.06 bits per heavy atom. The Balaban J connectivity index is 1.92. The standard InChI is InChI=1S/C23H23F2N5O/c24-23(25)12-19(14-6-2-1-3-7-14)18-10-15(11-20(26)21(18)31-13-23)16-8-4-5-9-17(16)22(29-27)30-28/h1-11,19H,12-13,26-28H2,(H,29,30). The number of hydrogen-bond acceptors (Lipinski definition) is 5. The first-order valence-corrected chi connectivity index (χ1v) is 9.77. The minimum Gasteiger partial charge on any atom is -0.485 e. The highest BCUT2D eigenvalue weighted by atomic mass is 19.3. The molecular formula is C23H23F2N5O. The van der Waals surface area contributed by atoms with Gasteiger partial charge in [-0.05, 0) is 28.8 Å². The van der Waals surface area contributed by atoms with Crippen LogP contribution in [0.3, 0.4) is 0 Å². The van der Waals surface area contributed by atoms with Crippen molar-refractivity contribution in [2.45, 2.75) is 18.3 Å². The van der Waals surface area contributed by atoms with Gasteiger partial charge in [0.15, 0.2) is 12.4 Å². The van der Waals surface area contributed by atoms with Crippen molar-refractivity contribution in [2.24, 2.45) is 16.8 Å². The van der Waals surface area contributed by atoms with Gasteiger partial charge in [-0.25, -0.2) is 14.6 Å². The maximum atomic E-state index is 14.6. The van der Waals surface area contributed by atoms with E-state index >= 15 is 0 Å². The summed E-state index contributed by atoms with van der Waals surface area (Å²) in [4.78, 5) is 0. The van der Waals surface area contributed by atoms with Crippen molar-refractivity contribution >= 4 is 11.5 Å². The molecule has 31 heavy (non-hydrogen) atoms. The summed E-state index contributed by atoms with van der Waals surface area (Å²) in [6.45, 7) is -0.718. The van der Waals surface area contributed by atoms with E-state index in [1.807, 2.05) is 60.7 Å². The quantitative estimate of drug-likeness (QED) is 0.169. The third-order valence-electron chi connectivity index (χ3n) is 5.41. The molecule has 0 fully saturated rings. The summed E-state index contributed by atoms with van der Waals surface area (Å²) >= 11 is 0. The van der Waals surface area contributed by atoms with Crippen LogP contribution in [-0.2, 0) is 0 Å². The topological polar surface area (TPSA) is 112 Å². The zero-order valence-electron chi connectivity index (χ0n) is 16.7. The van der Waals surface area contributed by atoms with Gasteiger partial charge in [-0.2, -0.15) is 5.10 Å². The molecular weight excluding hydrogens is 400 g/mol. The molecule has 7 N–H and O–H groups in total. The summed E-state index contributed by atoms with van der Waals surface area (Å²) < 4.78 is 34.6. The van der Waals surface area contributed by atoms with Crippen molar-refractivity contribution in [1.82, 2.24) is 5.43 Å². The SMILES string of the molecule is N/N=C(\NN)c1ccccc1-c1cc(N)c2c(c1)C(c1ccccc1)CC(F)(F)CO2. The molecule has 3 aromatic carbocycles. The van der Waals surface area contributed by atoms with E-state index in [0.717, 1.165) is 16.7 Å². The molecule has 0 radical (unpaired) electrons. The van der Waals surface area contributed by atoms with E-state index in [-0.39, 0.29) is 23.7 Å². The van der Waals surface area contributed by atoms with Crippen LogP contribution in [0.25, 0.3) is 11.1 Å². The van der Waals surface area contributed by atoms with Crippen molar-refractivity contribution in [3.8, 4) is 16.9 Å². The lowest BCUT2D eigenvalue weighted by Gasteiger charge is -2.21. The first kappa shape index (κ1) is 20.6. The molecule has 1 aliphatic heterocycles. The number of hydrogen-bond donors (Lipinski definition) is 4. The second-order valence-corrected chi connectivity index (χ2v) is 7.46. The van der Waals surface area contributed by atoms with Gasteiger partial charge in [0.25, 0.3) is 5.92 Å². The summed E-state index contributed by atoms with van der Waals surface area (Å²) in [5.74, 6) is 8.03. The summed E-state index contributed by atoms with van der Waals surface area (Å²) in [5.41, 5.74) is 12.6. The van der Waals surface area contributed by atoms with E-state index in [0.29, 0.717) is 11.1 Å². The van der Waals surface area contributed by atoms with Crippen LogP contribution in [-0.4, -0.2) is 18.4 Å². The number of nitrogens with one attached hydrogen (secondary N) is 1. The monoisotopic (exact) mass is 423 g/mol. The minimum absolute atomic E-state index is 0.284. The van der Waals surface area contributed by atoms with Crippen molar-refractivity contribution in [1.29, 1.82) is 0 Å². The van der Waals surface area contributed by atoms with Crippen molar-refractivity contribution < 1.29 is 13.5 Å². The van der Waals surface area contributed by atoms with Gasteiger partial charge in [0.2, 0.25) is 0 Å². The predicted octanol–water partition coefficient (Wildman–Crippen LogP) is 3.57. The smallest absolute Gasteiger partial charge is 0.282 e. The largest absolute Gasteiger partial charge is 0.485 e. The molecule has 0 saturated heterocycles. The van der Waals surface area contributed by atoms with Crippen LogP contribution in [0.5, 0.6) is 5.75 Å². The van der Waals surface area contributed by atoms with Crippen LogP contribution >= 0.6 is 0 Å². The maximum absolute atomic E-state index is 14.6. The minimum atomic E-state index is -2.99. The Labute approximate surface area is 178 Å². The van der Waals surface area contributed by atoms with Crippen molar-refractivity contribution in [2.75, 3.05) is 12.3 Å². The number of ether oxygens (including phenoxy) is 1. The van der Waals surface area contributed by atoms with E-state index in [1.165, 1.54) is 0 Å². The highest BCUT2D eigenvalue weighted by Crippen LogP contribution is 2.46. The number of nitrogens with two attached hydrogens (primary N) is 3. The summed E-state index contributed by atoms with van der Waals surface area (Å²) in [6, 6.07) is 20.1. The number of hydrazone groups is 1. The van der Waals surface area contributed by atoms with E-state index in [4.69, 9.17) is 22.2 Å². The van der Waals surface area contributed by atoms with Crippen LogP contribution in [0.2, 0.25) is 0 Å². The number of amidine groups is 1. The van der Waals surface area contributed by atoms with Crippen LogP contribution < -0.4 is 27.6 Å². The molecule has 0 aliphatic carbocycles. The highest BCUT2D eigenvalue weighted by molar-refractivity contribution is 6.04. The van der Waals surface area contributed by atoms with Gasteiger partial charge in [0.1, 0.15) is 5.75 Å². The first-order valence-electron chi connectivity index (χ1n) is 9.77. The molecule has 8 heteroatoms. The molecule has 6 nitrogen and oxygen atoms in total. The molecule has 1 aliphatic rings.